The third kappa shape index (κ3) is 33.5. The molecular weight excluding hydrogens is 174 g/mol. The Morgan fingerprint density at radius 2 is 1.67 bits per heavy atom. The van der Waals surface area contributed by atoms with E-state index < -0.39 is 0 Å². The summed E-state index contributed by atoms with van der Waals surface area (Å²) in [6.45, 7) is 5.68. The molecule has 1 N–H and O–H groups in total. The molecule has 0 bridgehead atoms. The van der Waals surface area contributed by atoms with Gasteiger partial charge >= 0.3 is 0 Å². The van der Waals surface area contributed by atoms with Gasteiger partial charge in [0, 0.05) is 13.1 Å². The number of nitrogens with zero attached hydrogens (tertiary/aromatic N) is 2. The van der Waals surface area contributed by atoms with E-state index in [4.69, 9.17) is 0 Å². The molecule has 0 fully saturated rings. The molecule has 0 heterocycles. The first-order valence-corrected chi connectivity index (χ1v) is 3.99. The van der Waals surface area contributed by atoms with Crippen LogP contribution in [-0.4, -0.2) is 33.2 Å². The van der Waals surface area contributed by atoms with Gasteiger partial charge in [0.15, 0.2) is 0 Å². The summed E-state index contributed by atoms with van der Waals surface area (Å²) in [4.78, 5) is 7.66. The first-order valence-electron chi connectivity index (χ1n) is 3.99. The molecule has 0 rings (SSSR count). The van der Waals surface area contributed by atoms with Crippen molar-refractivity contribution < 1.29 is 0 Å². The standard InChI is InChI=1S/C6H12N2.C2H7N.ClH/c1-3-5-8-6-7-4-2;1-3-2;/h3-5H2,1-2H3;3H,1-2H3;1H. The number of aliphatic imine (C=N–C) groups is 2. The van der Waals surface area contributed by atoms with Crippen molar-refractivity contribution in [2.24, 2.45) is 9.98 Å². The van der Waals surface area contributed by atoms with Crippen molar-refractivity contribution in [2.45, 2.75) is 20.3 Å². The topological polar surface area (TPSA) is 36.8 Å². The van der Waals surface area contributed by atoms with Crippen LogP contribution >= 0.6 is 12.4 Å². The fourth-order valence-corrected chi connectivity index (χ4v) is 0.283. The van der Waals surface area contributed by atoms with Crippen LogP contribution in [0.15, 0.2) is 9.98 Å². The minimum atomic E-state index is 0. The fraction of sp³-hybridized carbons (Fsp3) is 0.875. The Labute approximate surface area is 81.8 Å². The molecule has 0 saturated heterocycles. The minimum absolute atomic E-state index is 0. The Kier molecular flexibility index (Phi) is 33.0. The Morgan fingerprint density at radius 3 is 2.00 bits per heavy atom. The van der Waals surface area contributed by atoms with Gasteiger partial charge < -0.3 is 5.32 Å². The van der Waals surface area contributed by atoms with E-state index in [2.05, 4.69) is 28.2 Å². The van der Waals surface area contributed by atoms with Gasteiger partial charge in [-0.1, -0.05) is 6.92 Å². The highest BCUT2D eigenvalue weighted by Gasteiger charge is 1.66. The average Bonchev–Trinajstić information content (AvgIpc) is 2.00. The third-order valence-electron chi connectivity index (χ3n) is 0.635. The molecule has 0 aromatic heterocycles. The summed E-state index contributed by atoms with van der Waals surface area (Å²) in [7, 11) is 3.75. The van der Waals surface area contributed by atoms with Gasteiger partial charge in [-0.05, 0) is 27.4 Å². The minimum Gasteiger partial charge on any atom is -0.323 e. The summed E-state index contributed by atoms with van der Waals surface area (Å²) < 4.78 is 0. The van der Waals surface area contributed by atoms with Crippen LogP contribution in [0.4, 0.5) is 0 Å². The molecule has 0 saturated carbocycles. The summed E-state index contributed by atoms with van der Waals surface area (Å²) in [5.41, 5.74) is 0. The zero-order valence-corrected chi connectivity index (χ0v) is 9.24. The van der Waals surface area contributed by atoms with Gasteiger partial charge in [-0.3, -0.25) is 0 Å². The Balaban J connectivity index is -0.000000177. The lowest BCUT2D eigenvalue weighted by Crippen LogP contribution is -1.89. The van der Waals surface area contributed by atoms with Crippen LogP contribution in [-0.2, 0) is 0 Å². The molecule has 0 aliphatic carbocycles. The summed E-state index contributed by atoms with van der Waals surface area (Å²) >= 11 is 0. The van der Waals surface area contributed by atoms with E-state index in [1.165, 1.54) is 0 Å². The second kappa shape index (κ2) is 22.4. The highest BCUT2D eigenvalue weighted by Crippen LogP contribution is 1.72. The Morgan fingerprint density at radius 1 is 1.17 bits per heavy atom. The summed E-state index contributed by atoms with van der Waals surface area (Å²) in [5.74, 6) is 0. The SMILES string of the molecule is CCCN=C=NCC.CNC.Cl. The van der Waals surface area contributed by atoms with Gasteiger partial charge in [0.2, 0.25) is 0 Å². The quantitative estimate of drug-likeness (QED) is 0.683. The van der Waals surface area contributed by atoms with Crippen molar-refractivity contribution in [3.05, 3.63) is 0 Å². The molecule has 0 amide bonds. The first-order chi connectivity index (χ1) is 5.33. The van der Waals surface area contributed by atoms with Crippen molar-refractivity contribution in [1.82, 2.24) is 5.32 Å². The molecule has 0 aromatic rings. The van der Waals surface area contributed by atoms with E-state index in [1.807, 2.05) is 21.0 Å². The second-order valence-electron chi connectivity index (χ2n) is 1.96. The predicted octanol–water partition coefficient (Wildman–Crippen LogP) is 1.85. The maximum absolute atomic E-state index is 3.86. The van der Waals surface area contributed by atoms with Crippen molar-refractivity contribution in [2.75, 3.05) is 27.2 Å². The van der Waals surface area contributed by atoms with Crippen LogP contribution in [0.25, 0.3) is 0 Å². The van der Waals surface area contributed by atoms with E-state index in [0.717, 1.165) is 19.5 Å². The van der Waals surface area contributed by atoms with Crippen LogP contribution in [0.3, 0.4) is 0 Å². The van der Waals surface area contributed by atoms with Gasteiger partial charge in [0.25, 0.3) is 0 Å². The normalized spacial score (nSPS) is 6.67. The van der Waals surface area contributed by atoms with Gasteiger partial charge in [-0.25, -0.2) is 9.98 Å². The van der Waals surface area contributed by atoms with Gasteiger partial charge in [-0.2, -0.15) is 0 Å². The van der Waals surface area contributed by atoms with Crippen molar-refractivity contribution in [3.63, 3.8) is 0 Å². The number of hydrogen-bond donors (Lipinski definition) is 1. The second-order valence-corrected chi connectivity index (χ2v) is 1.96. The van der Waals surface area contributed by atoms with Crippen LogP contribution in [0.2, 0.25) is 0 Å². The molecular formula is C8H20ClN3. The van der Waals surface area contributed by atoms with E-state index >= 15 is 0 Å². The predicted molar refractivity (Wildman–Crippen MR) is 57.8 cm³/mol. The van der Waals surface area contributed by atoms with E-state index in [1.54, 1.807) is 0 Å². The highest BCUT2D eigenvalue weighted by molar-refractivity contribution is 5.85. The molecule has 12 heavy (non-hydrogen) atoms. The lowest BCUT2D eigenvalue weighted by Gasteiger charge is -1.75. The number of hydrogen-bond acceptors (Lipinski definition) is 3. The zero-order chi connectivity index (χ0) is 8.95. The zero-order valence-electron chi connectivity index (χ0n) is 8.42. The monoisotopic (exact) mass is 193 g/mol. The summed E-state index contributed by atoms with van der Waals surface area (Å²) in [5, 5.41) is 2.75. The smallest absolute Gasteiger partial charge is 0.0892 e. The molecule has 0 unspecified atom stereocenters. The molecule has 0 atom stereocenters. The van der Waals surface area contributed by atoms with Gasteiger partial charge in [-0.15, -0.1) is 12.4 Å². The molecule has 0 spiro atoms. The molecule has 0 aromatic carbocycles. The molecule has 0 aliphatic heterocycles. The maximum atomic E-state index is 3.86. The third-order valence-corrected chi connectivity index (χ3v) is 0.635. The Hall–Kier alpha value is -0.370. The Bertz CT molecular complexity index is 109. The molecule has 74 valence electrons. The first kappa shape index (κ1) is 17.6. The van der Waals surface area contributed by atoms with Gasteiger partial charge in [0.05, 0.1) is 6.01 Å². The van der Waals surface area contributed by atoms with Crippen LogP contribution < -0.4 is 5.32 Å². The highest BCUT2D eigenvalue weighted by atomic mass is 35.5. The lowest BCUT2D eigenvalue weighted by molar-refractivity contribution is 0.935. The molecule has 4 heteroatoms. The van der Waals surface area contributed by atoms with Crippen molar-refractivity contribution in [3.8, 4) is 0 Å². The summed E-state index contributed by atoms with van der Waals surface area (Å²) in [6, 6.07) is 2.59. The van der Waals surface area contributed by atoms with Crippen molar-refractivity contribution in [1.29, 1.82) is 0 Å². The van der Waals surface area contributed by atoms with Crippen molar-refractivity contribution >= 4 is 18.4 Å². The van der Waals surface area contributed by atoms with Gasteiger partial charge in [0.1, 0.15) is 0 Å². The largest absolute Gasteiger partial charge is 0.323 e. The van der Waals surface area contributed by atoms with E-state index in [0.29, 0.717) is 0 Å². The van der Waals surface area contributed by atoms with Crippen LogP contribution in [0.5, 0.6) is 0 Å². The van der Waals surface area contributed by atoms with E-state index in [-0.39, 0.29) is 12.4 Å². The molecule has 0 radical (unpaired) electrons. The average molecular weight is 194 g/mol. The van der Waals surface area contributed by atoms with Crippen LogP contribution in [0.1, 0.15) is 20.3 Å². The van der Waals surface area contributed by atoms with Crippen LogP contribution in [0, 0.1) is 0 Å². The van der Waals surface area contributed by atoms with E-state index in [9.17, 15) is 0 Å². The maximum Gasteiger partial charge on any atom is 0.0892 e. The molecule has 0 aliphatic rings. The summed E-state index contributed by atoms with van der Waals surface area (Å²) in [6.07, 6.45) is 1.08. The number of nitrogens with one attached hydrogen (secondary N) is 1. The fourth-order valence-electron chi connectivity index (χ4n) is 0.283. The molecule has 3 nitrogen and oxygen atoms in total. The lowest BCUT2D eigenvalue weighted by atomic mass is 10.5. The number of halogens is 1. The number of rotatable bonds is 3.